The first-order valence-corrected chi connectivity index (χ1v) is 4.79. The Kier molecular flexibility index (Phi) is 3.00. The summed E-state index contributed by atoms with van der Waals surface area (Å²) in [5.74, 6) is 0.236. The molecule has 0 aromatic carbocycles. The van der Waals surface area contributed by atoms with Gasteiger partial charge in [0.15, 0.2) is 0 Å². The van der Waals surface area contributed by atoms with Crippen LogP contribution in [0.15, 0.2) is 0 Å². The molecular weight excluding hydrogens is 168 g/mol. The standard InChI is InChI=1S/C10H20O3/c1-6(8(12-5)7(2)11)9-10(3,4)13-9/h6-9,11H,1-5H3/t6-,7-,8-,9-/m1/s1. The number of rotatable bonds is 4. The number of ether oxygens (including phenoxy) is 2. The van der Waals surface area contributed by atoms with Crippen molar-refractivity contribution < 1.29 is 14.6 Å². The van der Waals surface area contributed by atoms with Crippen molar-refractivity contribution in [2.45, 2.75) is 51.6 Å². The van der Waals surface area contributed by atoms with E-state index in [1.54, 1.807) is 14.0 Å². The van der Waals surface area contributed by atoms with Gasteiger partial charge in [-0.05, 0) is 20.8 Å². The molecule has 13 heavy (non-hydrogen) atoms. The molecule has 1 saturated heterocycles. The Labute approximate surface area is 80.0 Å². The summed E-state index contributed by atoms with van der Waals surface area (Å²) in [6.45, 7) is 7.92. The van der Waals surface area contributed by atoms with Crippen molar-refractivity contribution in [3.63, 3.8) is 0 Å². The molecule has 1 aliphatic heterocycles. The van der Waals surface area contributed by atoms with Crippen LogP contribution in [0.2, 0.25) is 0 Å². The van der Waals surface area contributed by atoms with Crippen molar-refractivity contribution in [3.05, 3.63) is 0 Å². The third-order valence-electron chi connectivity index (χ3n) is 2.80. The van der Waals surface area contributed by atoms with E-state index in [1.165, 1.54) is 0 Å². The fourth-order valence-electron chi connectivity index (χ4n) is 2.06. The lowest BCUT2D eigenvalue weighted by Gasteiger charge is -2.24. The van der Waals surface area contributed by atoms with Gasteiger partial charge in [-0.25, -0.2) is 0 Å². The van der Waals surface area contributed by atoms with E-state index in [0.717, 1.165) is 0 Å². The average Bonchev–Trinajstić information content (AvgIpc) is 2.60. The maximum absolute atomic E-state index is 9.45. The average molecular weight is 188 g/mol. The first kappa shape index (κ1) is 11.0. The van der Waals surface area contributed by atoms with E-state index in [4.69, 9.17) is 9.47 Å². The van der Waals surface area contributed by atoms with Gasteiger partial charge in [0, 0.05) is 13.0 Å². The lowest BCUT2D eigenvalue weighted by Crippen LogP contribution is -2.36. The highest BCUT2D eigenvalue weighted by molar-refractivity contribution is 5.00. The Hall–Kier alpha value is -0.120. The molecule has 0 aromatic rings. The first-order chi connectivity index (χ1) is 5.90. The zero-order valence-electron chi connectivity index (χ0n) is 9.07. The number of hydrogen-bond acceptors (Lipinski definition) is 3. The van der Waals surface area contributed by atoms with Gasteiger partial charge < -0.3 is 14.6 Å². The molecule has 1 rings (SSSR count). The fraction of sp³-hybridized carbons (Fsp3) is 1.00. The van der Waals surface area contributed by atoms with E-state index < -0.39 is 6.10 Å². The van der Waals surface area contributed by atoms with E-state index in [-0.39, 0.29) is 23.7 Å². The van der Waals surface area contributed by atoms with Gasteiger partial charge in [-0.1, -0.05) is 6.92 Å². The van der Waals surface area contributed by atoms with E-state index in [1.807, 2.05) is 0 Å². The SMILES string of the molecule is CO[C@H]([C@@H](C)[C@H]1OC1(C)C)[C@@H](C)O. The fourth-order valence-corrected chi connectivity index (χ4v) is 2.06. The number of aliphatic hydroxyl groups excluding tert-OH is 1. The molecule has 4 atom stereocenters. The third kappa shape index (κ3) is 2.22. The molecule has 0 spiro atoms. The zero-order valence-corrected chi connectivity index (χ0v) is 9.07. The van der Waals surface area contributed by atoms with Crippen molar-refractivity contribution in [1.29, 1.82) is 0 Å². The zero-order chi connectivity index (χ0) is 10.2. The predicted molar refractivity (Wildman–Crippen MR) is 50.6 cm³/mol. The molecule has 0 amide bonds. The summed E-state index contributed by atoms with van der Waals surface area (Å²) in [6.07, 6.45) is -0.362. The Morgan fingerprint density at radius 2 is 1.85 bits per heavy atom. The molecule has 0 bridgehead atoms. The first-order valence-electron chi connectivity index (χ1n) is 4.79. The lowest BCUT2D eigenvalue weighted by molar-refractivity contribution is -0.0390. The van der Waals surface area contributed by atoms with Crippen LogP contribution in [-0.4, -0.2) is 36.1 Å². The highest BCUT2D eigenvalue weighted by Gasteiger charge is 2.53. The normalized spacial score (nSPS) is 32.3. The summed E-state index contributed by atoms with van der Waals surface area (Å²) >= 11 is 0. The monoisotopic (exact) mass is 188 g/mol. The van der Waals surface area contributed by atoms with Crippen LogP contribution in [0.3, 0.4) is 0 Å². The van der Waals surface area contributed by atoms with Gasteiger partial charge in [-0.15, -0.1) is 0 Å². The van der Waals surface area contributed by atoms with Crippen LogP contribution < -0.4 is 0 Å². The smallest absolute Gasteiger partial charge is 0.0919 e. The van der Waals surface area contributed by atoms with Crippen molar-refractivity contribution in [2.75, 3.05) is 7.11 Å². The molecular formula is C10H20O3. The molecule has 0 aliphatic carbocycles. The van der Waals surface area contributed by atoms with Crippen LogP contribution in [0.5, 0.6) is 0 Å². The highest BCUT2D eigenvalue weighted by atomic mass is 16.6. The number of methoxy groups -OCH3 is 1. The van der Waals surface area contributed by atoms with Gasteiger partial charge in [0.25, 0.3) is 0 Å². The second-order valence-electron chi connectivity index (χ2n) is 4.44. The molecule has 1 heterocycles. The van der Waals surface area contributed by atoms with Crippen molar-refractivity contribution in [1.82, 2.24) is 0 Å². The van der Waals surface area contributed by atoms with Crippen LogP contribution >= 0.6 is 0 Å². The summed E-state index contributed by atoms with van der Waals surface area (Å²) in [4.78, 5) is 0. The molecule has 1 fully saturated rings. The summed E-state index contributed by atoms with van der Waals surface area (Å²) in [5, 5.41) is 9.45. The molecule has 78 valence electrons. The maximum atomic E-state index is 9.45. The van der Waals surface area contributed by atoms with E-state index >= 15 is 0 Å². The summed E-state index contributed by atoms with van der Waals surface area (Å²) < 4.78 is 10.7. The molecule has 3 heteroatoms. The van der Waals surface area contributed by atoms with Gasteiger partial charge in [-0.2, -0.15) is 0 Å². The minimum absolute atomic E-state index is 0.0366. The van der Waals surface area contributed by atoms with Gasteiger partial charge in [0.2, 0.25) is 0 Å². The summed E-state index contributed by atoms with van der Waals surface area (Å²) in [5.41, 5.74) is -0.0366. The number of aliphatic hydroxyl groups is 1. The van der Waals surface area contributed by atoms with Crippen LogP contribution in [0.4, 0.5) is 0 Å². The van der Waals surface area contributed by atoms with Crippen molar-refractivity contribution in [2.24, 2.45) is 5.92 Å². The topological polar surface area (TPSA) is 42.0 Å². The second-order valence-corrected chi connectivity index (χ2v) is 4.44. The molecule has 1 N–H and O–H groups in total. The molecule has 1 aliphatic rings. The molecule has 0 saturated carbocycles. The third-order valence-corrected chi connectivity index (χ3v) is 2.80. The second kappa shape index (κ2) is 3.56. The van der Waals surface area contributed by atoms with E-state index in [9.17, 15) is 5.11 Å². The quantitative estimate of drug-likeness (QED) is 0.674. The Bertz CT molecular complexity index is 177. The van der Waals surface area contributed by atoms with Gasteiger partial charge in [-0.3, -0.25) is 0 Å². The van der Waals surface area contributed by atoms with Crippen LogP contribution in [-0.2, 0) is 9.47 Å². The summed E-state index contributed by atoms with van der Waals surface area (Å²) in [6, 6.07) is 0. The van der Waals surface area contributed by atoms with Crippen LogP contribution in [0.1, 0.15) is 27.7 Å². The maximum Gasteiger partial charge on any atom is 0.0919 e. The predicted octanol–water partition coefficient (Wildman–Crippen LogP) is 1.20. The Morgan fingerprint density at radius 1 is 1.38 bits per heavy atom. The Balaban J connectivity index is 2.51. The van der Waals surface area contributed by atoms with E-state index in [0.29, 0.717) is 0 Å². The highest BCUT2D eigenvalue weighted by Crippen LogP contribution is 2.42. The van der Waals surface area contributed by atoms with Crippen molar-refractivity contribution >= 4 is 0 Å². The van der Waals surface area contributed by atoms with Crippen LogP contribution in [0, 0.1) is 5.92 Å². The molecule has 0 aromatic heterocycles. The van der Waals surface area contributed by atoms with Gasteiger partial charge >= 0.3 is 0 Å². The lowest BCUT2D eigenvalue weighted by atomic mass is 9.91. The number of epoxide rings is 1. The largest absolute Gasteiger partial charge is 0.391 e. The van der Waals surface area contributed by atoms with Gasteiger partial charge in [0.1, 0.15) is 0 Å². The van der Waals surface area contributed by atoms with Gasteiger partial charge in [0.05, 0.1) is 23.9 Å². The molecule has 0 radical (unpaired) electrons. The van der Waals surface area contributed by atoms with E-state index in [2.05, 4.69) is 20.8 Å². The minimum atomic E-state index is -0.444. The molecule has 3 nitrogen and oxygen atoms in total. The minimum Gasteiger partial charge on any atom is -0.391 e. The number of hydrogen-bond donors (Lipinski definition) is 1. The Morgan fingerprint density at radius 3 is 2.08 bits per heavy atom. The summed E-state index contributed by atoms with van der Waals surface area (Å²) in [7, 11) is 1.63. The van der Waals surface area contributed by atoms with Crippen LogP contribution in [0.25, 0.3) is 0 Å². The molecule has 0 unspecified atom stereocenters. The van der Waals surface area contributed by atoms with Crippen molar-refractivity contribution in [3.8, 4) is 0 Å².